The first-order chi connectivity index (χ1) is 14.0. The van der Waals surface area contributed by atoms with Crippen molar-refractivity contribution in [3.05, 3.63) is 60.2 Å². The van der Waals surface area contributed by atoms with Gasteiger partial charge in [0.05, 0.1) is 6.21 Å². The van der Waals surface area contributed by atoms with Gasteiger partial charge in [-0.3, -0.25) is 14.4 Å². The van der Waals surface area contributed by atoms with Crippen LogP contribution < -0.4 is 20.8 Å². The number of rotatable bonds is 8. The van der Waals surface area contributed by atoms with Gasteiger partial charge in [-0.1, -0.05) is 25.1 Å². The van der Waals surface area contributed by atoms with Gasteiger partial charge in [0.15, 0.2) is 6.61 Å². The number of hydrogen-bond acceptors (Lipinski definition) is 5. The first kappa shape index (κ1) is 21.6. The molecule has 152 valence electrons. The van der Waals surface area contributed by atoms with Crippen molar-refractivity contribution in [2.75, 3.05) is 11.9 Å². The van der Waals surface area contributed by atoms with Crippen molar-refractivity contribution in [1.82, 2.24) is 10.7 Å². The molecule has 0 aromatic heterocycles. The molecule has 0 unspecified atom stereocenters. The van der Waals surface area contributed by atoms with Crippen molar-refractivity contribution < 1.29 is 19.1 Å². The highest BCUT2D eigenvalue weighted by molar-refractivity contribution is 6.35. The second kappa shape index (κ2) is 11.2. The molecule has 3 N–H and O–H groups in total. The first-order valence-electron chi connectivity index (χ1n) is 9.19. The van der Waals surface area contributed by atoms with Crippen LogP contribution in [0.4, 0.5) is 5.69 Å². The summed E-state index contributed by atoms with van der Waals surface area (Å²) in [5, 5.41) is 9.03. The van der Waals surface area contributed by atoms with Crippen molar-refractivity contribution in [1.29, 1.82) is 0 Å². The zero-order valence-electron chi connectivity index (χ0n) is 16.3. The fourth-order valence-corrected chi connectivity index (χ4v) is 2.13. The lowest BCUT2D eigenvalue weighted by Gasteiger charge is -2.09. The van der Waals surface area contributed by atoms with Gasteiger partial charge in [-0.25, -0.2) is 5.43 Å². The van der Waals surface area contributed by atoms with E-state index in [1.165, 1.54) is 6.21 Å². The minimum atomic E-state index is -0.828. The molecule has 2 aromatic rings. The van der Waals surface area contributed by atoms with Crippen molar-refractivity contribution in [2.24, 2.45) is 5.10 Å². The average Bonchev–Trinajstić information content (AvgIpc) is 2.73. The Bertz CT molecular complexity index is 851. The molecule has 3 amide bonds. The molecule has 8 nitrogen and oxygen atoms in total. The lowest BCUT2D eigenvalue weighted by molar-refractivity contribution is -0.139. The molecule has 1 atom stereocenters. The van der Waals surface area contributed by atoms with Gasteiger partial charge in [-0.2, -0.15) is 5.10 Å². The van der Waals surface area contributed by atoms with E-state index in [4.69, 9.17) is 4.74 Å². The van der Waals surface area contributed by atoms with Gasteiger partial charge in [0.25, 0.3) is 5.91 Å². The smallest absolute Gasteiger partial charge is 0.329 e. The number of nitrogens with zero attached hydrogens (tertiary/aromatic N) is 1. The SMILES string of the molecule is CC[C@@H](C)NC(=O)C(=O)N/N=C\c1ccc(OCC(=O)Nc2ccccc2)cc1. The van der Waals surface area contributed by atoms with Crippen LogP contribution in [0.2, 0.25) is 0 Å². The van der Waals surface area contributed by atoms with Crippen molar-refractivity contribution >= 4 is 29.6 Å². The van der Waals surface area contributed by atoms with Gasteiger partial charge in [0, 0.05) is 11.7 Å². The fourth-order valence-electron chi connectivity index (χ4n) is 2.13. The summed E-state index contributed by atoms with van der Waals surface area (Å²) in [4.78, 5) is 35.1. The Morgan fingerprint density at radius 1 is 1.03 bits per heavy atom. The van der Waals surface area contributed by atoms with Gasteiger partial charge in [-0.15, -0.1) is 0 Å². The van der Waals surface area contributed by atoms with E-state index in [1.807, 2.05) is 32.0 Å². The van der Waals surface area contributed by atoms with Crippen LogP contribution in [0.15, 0.2) is 59.7 Å². The summed E-state index contributed by atoms with van der Waals surface area (Å²) in [6.45, 7) is 3.59. The second-order valence-electron chi connectivity index (χ2n) is 6.25. The average molecular weight is 396 g/mol. The number of benzene rings is 2. The van der Waals surface area contributed by atoms with Crippen LogP contribution >= 0.6 is 0 Å². The predicted molar refractivity (Wildman–Crippen MR) is 111 cm³/mol. The topological polar surface area (TPSA) is 109 Å². The number of anilines is 1. The molecule has 2 rings (SSSR count). The van der Waals surface area contributed by atoms with E-state index >= 15 is 0 Å². The number of amides is 3. The molecule has 0 bridgehead atoms. The Labute approximate surface area is 169 Å². The molecule has 0 spiro atoms. The maximum Gasteiger partial charge on any atom is 0.329 e. The zero-order valence-corrected chi connectivity index (χ0v) is 16.3. The van der Waals surface area contributed by atoms with Crippen molar-refractivity contribution in [3.63, 3.8) is 0 Å². The number of hydrazone groups is 1. The van der Waals surface area contributed by atoms with Crippen LogP contribution in [-0.4, -0.2) is 36.6 Å². The van der Waals surface area contributed by atoms with Gasteiger partial charge >= 0.3 is 11.8 Å². The molecular formula is C21H24N4O4. The van der Waals surface area contributed by atoms with Crippen LogP contribution in [0.5, 0.6) is 5.75 Å². The Hall–Kier alpha value is -3.68. The second-order valence-corrected chi connectivity index (χ2v) is 6.25. The summed E-state index contributed by atoms with van der Waals surface area (Å²) in [6, 6.07) is 15.8. The van der Waals surface area contributed by atoms with E-state index < -0.39 is 11.8 Å². The normalized spacial score (nSPS) is 11.5. The predicted octanol–water partition coefficient (Wildman–Crippen LogP) is 2.07. The monoisotopic (exact) mass is 396 g/mol. The van der Waals surface area contributed by atoms with Crippen LogP contribution in [0.3, 0.4) is 0 Å². The van der Waals surface area contributed by atoms with E-state index in [0.29, 0.717) is 17.0 Å². The molecule has 29 heavy (non-hydrogen) atoms. The number of para-hydroxylation sites is 1. The molecule has 0 fully saturated rings. The Balaban J connectivity index is 1.76. The number of nitrogens with one attached hydrogen (secondary N) is 3. The van der Waals surface area contributed by atoms with Gasteiger partial charge < -0.3 is 15.4 Å². The first-order valence-corrected chi connectivity index (χ1v) is 9.19. The van der Waals surface area contributed by atoms with E-state index in [2.05, 4.69) is 21.2 Å². The van der Waals surface area contributed by atoms with E-state index in [9.17, 15) is 14.4 Å². The zero-order chi connectivity index (χ0) is 21.1. The van der Waals surface area contributed by atoms with Crippen LogP contribution in [0.1, 0.15) is 25.8 Å². The lowest BCUT2D eigenvalue weighted by Crippen LogP contribution is -2.41. The summed E-state index contributed by atoms with van der Waals surface area (Å²) in [5.74, 6) is -1.30. The summed E-state index contributed by atoms with van der Waals surface area (Å²) < 4.78 is 5.44. The van der Waals surface area contributed by atoms with Crippen LogP contribution in [0.25, 0.3) is 0 Å². The third-order valence-corrected chi connectivity index (χ3v) is 3.88. The van der Waals surface area contributed by atoms with E-state index in [-0.39, 0.29) is 18.6 Å². The number of hydrogen-bond donors (Lipinski definition) is 3. The quantitative estimate of drug-likeness (QED) is 0.360. The summed E-state index contributed by atoms with van der Waals surface area (Å²) >= 11 is 0. The minimum absolute atomic E-state index is 0.0838. The van der Waals surface area contributed by atoms with Gasteiger partial charge in [0.2, 0.25) is 0 Å². The Morgan fingerprint density at radius 3 is 2.38 bits per heavy atom. The molecular weight excluding hydrogens is 372 g/mol. The lowest BCUT2D eigenvalue weighted by atomic mass is 10.2. The summed E-state index contributed by atoms with van der Waals surface area (Å²) in [6.07, 6.45) is 2.13. The standard InChI is InChI=1S/C21H24N4O4/c1-3-15(2)23-20(27)21(28)25-22-13-16-9-11-18(12-10-16)29-14-19(26)24-17-7-5-4-6-8-17/h4-13,15H,3,14H2,1-2H3,(H,23,27)(H,24,26)(H,25,28)/b22-13-/t15-/m1/s1. The number of carbonyl (C=O) groups is 3. The van der Waals surface area contributed by atoms with Crippen LogP contribution in [-0.2, 0) is 14.4 Å². The molecule has 0 aliphatic rings. The summed E-state index contributed by atoms with van der Waals surface area (Å²) in [7, 11) is 0. The highest BCUT2D eigenvalue weighted by Gasteiger charge is 2.14. The van der Waals surface area contributed by atoms with Gasteiger partial charge in [-0.05, 0) is 55.3 Å². The maximum atomic E-state index is 11.9. The third kappa shape index (κ3) is 7.84. The Morgan fingerprint density at radius 2 is 1.72 bits per heavy atom. The van der Waals surface area contributed by atoms with Gasteiger partial charge in [0.1, 0.15) is 5.75 Å². The largest absolute Gasteiger partial charge is 0.484 e. The molecule has 8 heteroatoms. The van der Waals surface area contributed by atoms with Crippen molar-refractivity contribution in [3.8, 4) is 5.75 Å². The number of ether oxygens (including phenoxy) is 1. The highest BCUT2D eigenvalue weighted by Crippen LogP contribution is 2.11. The van der Waals surface area contributed by atoms with Crippen LogP contribution in [0, 0.1) is 0 Å². The molecule has 0 saturated heterocycles. The molecule has 0 heterocycles. The number of carbonyl (C=O) groups excluding carboxylic acids is 3. The molecule has 0 saturated carbocycles. The van der Waals surface area contributed by atoms with E-state index in [1.54, 1.807) is 36.4 Å². The highest BCUT2D eigenvalue weighted by atomic mass is 16.5. The van der Waals surface area contributed by atoms with Crippen molar-refractivity contribution in [2.45, 2.75) is 26.3 Å². The fraction of sp³-hybridized carbons (Fsp3) is 0.238. The maximum absolute atomic E-state index is 11.9. The van der Waals surface area contributed by atoms with E-state index in [0.717, 1.165) is 6.42 Å². The Kier molecular flexibility index (Phi) is 8.37. The molecule has 0 radical (unpaired) electrons. The molecule has 2 aromatic carbocycles. The molecule has 0 aliphatic heterocycles. The minimum Gasteiger partial charge on any atom is -0.484 e. The third-order valence-electron chi connectivity index (χ3n) is 3.88. The summed E-state index contributed by atoms with van der Waals surface area (Å²) in [5.41, 5.74) is 3.56. The molecule has 0 aliphatic carbocycles.